The number of carboxylic acids is 1. The van der Waals surface area contributed by atoms with Crippen LogP contribution in [0, 0.1) is 0 Å². The van der Waals surface area contributed by atoms with Gasteiger partial charge in [0.05, 0.1) is 6.54 Å². The van der Waals surface area contributed by atoms with Gasteiger partial charge in [0.15, 0.2) is 0 Å². The van der Waals surface area contributed by atoms with Crippen LogP contribution in [0.2, 0.25) is 0 Å². The zero-order chi connectivity index (χ0) is 9.42. The highest BCUT2D eigenvalue weighted by molar-refractivity contribution is 5.84. The molecule has 0 bridgehead atoms. The number of likely N-dealkylation sites (N-methyl/N-ethyl adjacent to an activating group) is 1. The second-order valence-electron chi connectivity index (χ2n) is 3.35. The van der Waals surface area contributed by atoms with Crippen LogP contribution in [0.15, 0.2) is 10.5 Å². The van der Waals surface area contributed by atoms with Crippen LogP contribution in [0.5, 0.6) is 0 Å². The van der Waals surface area contributed by atoms with E-state index in [9.17, 15) is 4.79 Å². The first kappa shape index (κ1) is 8.31. The van der Waals surface area contributed by atoms with Crippen molar-refractivity contribution in [2.75, 3.05) is 13.6 Å². The number of hydrogen-bond acceptors (Lipinski definition) is 3. The minimum Gasteiger partial charge on any atom is -0.475 e. The van der Waals surface area contributed by atoms with Gasteiger partial charge in [-0.2, -0.15) is 0 Å². The van der Waals surface area contributed by atoms with Crippen molar-refractivity contribution >= 4 is 5.97 Å². The molecule has 1 aliphatic heterocycles. The van der Waals surface area contributed by atoms with Crippen molar-refractivity contribution in [2.45, 2.75) is 13.0 Å². The number of furan rings is 1. The number of carboxylic acid groups (broad SMARTS) is 1. The molecule has 4 nitrogen and oxygen atoms in total. The molecule has 2 heterocycles. The van der Waals surface area contributed by atoms with Gasteiger partial charge in [-0.3, -0.25) is 4.90 Å². The summed E-state index contributed by atoms with van der Waals surface area (Å²) < 4.78 is 5.20. The monoisotopic (exact) mass is 181 g/mol. The molecule has 2 rings (SSSR count). The van der Waals surface area contributed by atoms with Gasteiger partial charge in [-0.25, -0.2) is 4.79 Å². The van der Waals surface area contributed by atoms with Gasteiger partial charge in [0.2, 0.25) is 5.76 Å². The van der Waals surface area contributed by atoms with Crippen molar-refractivity contribution in [1.29, 1.82) is 0 Å². The van der Waals surface area contributed by atoms with Crippen LogP contribution < -0.4 is 0 Å². The maximum Gasteiger partial charge on any atom is 0.371 e. The molecule has 70 valence electrons. The number of rotatable bonds is 1. The molecule has 1 aromatic heterocycles. The summed E-state index contributed by atoms with van der Waals surface area (Å²) in [6, 6.07) is 1.63. The van der Waals surface area contributed by atoms with Crippen LogP contribution >= 0.6 is 0 Å². The Morgan fingerprint density at radius 3 is 3.15 bits per heavy atom. The Labute approximate surface area is 75.8 Å². The van der Waals surface area contributed by atoms with Gasteiger partial charge in [0.25, 0.3) is 0 Å². The molecule has 0 fully saturated rings. The summed E-state index contributed by atoms with van der Waals surface area (Å²) in [4.78, 5) is 12.7. The fourth-order valence-corrected chi connectivity index (χ4v) is 1.55. The SMILES string of the molecule is CN1CCc2cc(C(=O)O)oc2C1. The van der Waals surface area contributed by atoms with Gasteiger partial charge in [0.1, 0.15) is 5.76 Å². The molecule has 0 saturated carbocycles. The van der Waals surface area contributed by atoms with E-state index in [-0.39, 0.29) is 5.76 Å². The lowest BCUT2D eigenvalue weighted by Gasteiger charge is -2.20. The van der Waals surface area contributed by atoms with Gasteiger partial charge < -0.3 is 9.52 Å². The zero-order valence-corrected chi connectivity index (χ0v) is 7.41. The van der Waals surface area contributed by atoms with E-state index in [0.29, 0.717) is 6.54 Å². The largest absolute Gasteiger partial charge is 0.475 e. The third kappa shape index (κ3) is 1.45. The average Bonchev–Trinajstić information content (AvgIpc) is 2.46. The molecule has 1 N–H and O–H groups in total. The van der Waals surface area contributed by atoms with Crippen molar-refractivity contribution < 1.29 is 14.3 Å². The summed E-state index contributed by atoms with van der Waals surface area (Å²) in [5.41, 5.74) is 1.04. The van der Waals surface area contributed by atoms with Crippen molar-refractivity contribution in [3.8, 4) is 0 Å². The summed E-state index contributed by atoms with van der Waals surface area (Å²) >= 11 is 0. The Morgan fingerprint density at radius 1 is 1.69 bits per heavy atom. The lowest BCUT2D eigenvalue weighted by atomic mass is 10.1. The highest BCUT2D eigenvalue weighted by Gasteiger charge is 2.20. The number of fused-ring (bicyclic) bond motifs is 1. The molecule has 0 unspecified atom stereocenters. The Hall–Kier alpha value is -1.29. The second kappa shape index (κ2) is 2.88. The van der Waals surface area contributed by atoms with E-state index in [1.165, 1.54) is 0 Å². The summed E-state index contributed by atoms with van der Waals surface area (Å²) in [5.74, 6) is -0.136. The van der Waals surface area contributed by atoms with E-state index < -0.39 is 5.97 Å². The van der Waals surface area contributed by atoms with Gasteiger partial charge in [-0.05, 0) is 25.1 Å². The fraction of sp³-hybridized carbons (Fsp3) is 0.444. The number of aromatic carboxylic acids is 1. The third-order valence-corrected chi connectivity index (χ3v) is 2.28. The molecule has 1 aromatic rings. The Morgan fingerprint density at radius 2 is 2.46 bits per heavy atom. The molecule has 0 aliphatic carbocycles. The van der Waals surface area contributed by atoms with Crippen LogP contribution in [0.1, 0.15) is 21.9 Å². The van der Waals surface area contributed by atoms with E-state index in [0.717, 1.165) is 24.3 Å². The van der Waals surface area contributed by atoms with Gasteiger partial charge in [-0.1, -0.05) is 0 Å². The molecule has 0 radical (unpaired) electrons. The molecule has 0 atom stereocenters. The summed E-state index contributed by atoms with van der Waals surface area (Å²) in [6.45, 7) is 1.67. The van der Waals surface area contributed by atoms with E-state index >= 15 is 0 Å². The number of hydrogen-bond donors (Lipinski definition) is 1. The smallest absolute Gasteiger partial charge is 0.371 e. The van der Waals surface area contributed by atoms with Crippen LogP contribution in [-0.2, 0) is 13.0 Å². The molecule has 0 aromatic carbocycles. The highest BCUT2D eigenvalue weighted by atomic mass is 16.4. The van der Waals surface area contributed by atoms with Crippen molar-refractivity contribution in [2.24, 2.45) is 0 Å². The lowest BCUT2D eigenvalue weighted by molar-refractivity contribution is 0.0658. The predicted molar refractivity (Wildman–Crippen MR) is 45.7 cm³/mol. The first-order chi connectivity index (χ1) is 6.16. The third-order valence-electron chi connectivity index (χ3n) is 2.28. The standard InChI is InChI=1S/C9H11NO3/c1-10-3-2-6-4-7(9(11)12)13-8(6)5-10/h4H,2-3,5H2,1H3,(H,11,12). The van der Waals surface area contributed by atoms with Crippen LogP contribution in [0.25, 0.3) is 0 Å². The van der Waals surface area contributed by atoms with Crippen LogP contribution in [0.3, 0.4) is 0 Å². The summed E-state index contributed by atoms with van der Waals surface area (Å²) in [7, 11) is 1.99. The molecule has 1 aliphatic rings. The van der Waals surface area contributed by atoms with Crippen molar-refractivity contribution in [3.05, 3.63) is 23.2 Å². The Balaban J connectivity index is 2.33. The zero-order valence-electron chi connectivity index (χ0n) is 7.41. The lowest BCUT2D eigenvalue weighted by Crippen LogP contribution is -2.25. The minimum atomic E-state index is -0.989. The van der Waals surface area contributed by atoms with Gasteiger partial charge in [-0.15, -0.1) is 0 Å². The van der Waals surface area contributed by atoms with Gasteiger partial charge in [0, 0.05) is 6.54 Å². The maximum atomic E-state index is 10.6. The number of nitrogens with zero attached hydrogens (tertiary/aromatic N) is 1. The highest BCUT2D eigenvalue weighted by Crippen LogP contribution is 2.21. The number of carbonyl (C=O) groups is 1. The molecule has 4 heteroatoms. The van der Waals surface area contributed by atoms with Crippen LogP contribution in [-0.4, -0.2) is 29.6 Å². The van der Waals surface area contributed by atoms with Gasteiger partial charge >= 0.3 is 5.97 Å². The van der Waals surface area contributed by atoms with E-state index in [4.69, 9.17) is 9.52 Å². The van der Waals surface area contributed by atoms with E-state index in [1.54, 1.807) is 6.07 Å². The Bertz CT molecular complexity index is 343. The first-order valence-electron chi connectivity index (χ1n) is 4.20. The molecule has 0 saturated heterocycles. The van der Waals surface area contributed by atoms with Crippen LogP contribution in [0.4, 0.5) is 0 Å². The maximum absolute atomic E-state index is 10.6. The van der Waals surface area contributed by atoms with Crippen molar-refractivity contribution in [3.63, 3.8) is 0 Å². The second-order valence-corrected chi connectivity index (χ2v) is 3.35. The molecule has 0 spiro atoms. The van der Waals surface area contributed by atoms with E-state index in [2.05, 4.69) is 4.90 Å². The molecule has 13 heavy (non-hydrogen) atoms. The Kier molecular flexibility index (Phi) is 1.84. The fourth-order valence-electron chi connectivity index (χ4n) is 1.55. The molecule has 0 amide bonds. The van der Waals surface area contributed by atoms with E-state index in [1.807, 2.05) is 7.05 Å². The minimum absolute atomic E-state index is 0.0558. The average molecular weight is 181 g/mol. The molecular weight excluding hydrogens is 170 g/mol. The quantitative estimate of drug-likeness (QED) is 0.701. The normalized spacial score (nSPS) is 17.0. The summed E-state index contributed by atoms with van der Waals surface area (Å²) in [5, 5.41) is 8.69. The van der Waals surface area contributed by atoms with Crippen molar-refractivity contribution in [1.82, 2.24) is 4.90 Å². The predicted octanol–water partition coefficient (Wildman–Crippen LogP) is 0.966. The molecular formula is C9H11NO3. The topological polar surface area (TPSA) is 53.7 Å². The summed E-state index contributed by atoms with van der Waals surface area (Å²) in [6.07, 6.45) is 0.878. The first-order valence-corrected chi connectivity index (χ1v) is 4.20.